The van der Waals surface area contributed by atoms with Crippen LogP contribution in [0.5, 0.6) is 11.5 Å². The van der Waals surface area contributed by atoms with E-state index in [4.69, 9.17) is 9.47 Å². The number of ether oxygens (including phenoxy) is 2. The molecule has 21 heavy (non-hydrogen) atoms. The molecule has 0 saturated carbocycles. The van der Waals surface area contributed by atoms with Crippen molar-refractivity contribution in [3.63, 3.8) is 0 Å². The molecule has 0 spiro atoms. The molecule has 2 N–H and O–H groups in total. The average molecular weight is 285 g/mol. The standard InChI is InChI=1S/C15H15N3O3/c1-10(11-5-4-8-16-11)17-18-15(19)14-9-20-12-6-2-3-7-13(12)21-14/h2-8,14,16H,9H2,1H3,(H,18,19)/b17-10+/t14-/m1/s1. The third kappa shape index (κ3) is 2.89. The summed E-state index contributed by atoms with van der Waals surface area (Å²) in [6, 6.07) is 11.0. The number of carbonyl (C=O) groups excluding carboxylic acids is 1. The van der Waals surface area contributed by atoms with Crippen LogP contribution in [0.15, 0.2) is 47.7 Å². The van der Waals surface area contributed by atoms with Crippen molar-refractivity contribution in [3.05, 3.63) is 48.3 Å². The normalized spacial score (nSPS) is 17.4. The second-order valence-electron chi connectivity index (χ2n) is 4.62. The molecule has 0 unspecified atom stereocenters. The van der Waals surface area contributed by atoms with Gasteiger partial charge in [-0.05, 0) is 31.2 Å². The van der Waals surface area contributed by atoms with Gasteiger partial charge in [-0.25, -0.2) is 5.43 Å². The summed E-state index contributed by atoms with van der Waals surface area (Å²) < 4.78 is 11.1. The van der Waals surface area contributed by atoms with Crippen molar-refractivity contribution in [1.29, 1.82) is 0 Å². The molecule has 3 rings (SSSR count). The number of carbonyl (C=O) groups is 1. The first-order valence-corrected chi connectivity index (χ1v) is 6.60. The molecule has 0 radical (unpaired) electrons. The molecule has 6 nitrogen and oxygen atoms in total. The van der Waals surface area contributed by atoms with E-state index in [0.717, 1.165) is 5.69 Å². The van der Waals surface area contributed by atoms with Gasteiger partial charge < -0.3 is 14.5 Å². The zero-order chi connectivity index (χ0) is 14.7. The average Bonchev–Trinajstić information content (AvgIpc) is 3.06. The van der Waals surface area contributed by atoms with Crippen molar-refractivity contribution in [2.75, 3.05) is 6.61 Å². The maximum Gasteiger partial charge on any atom is 0.284 e. The molecular formula is C15H15N3O3. The number of benzene rings is 1. The molecule has 1 aliphatic rings. The highest BCUT2D eigenvalue weighted by molar-refractivity contribution is 5.97. The molecule has 0 saturated heterocycles. The van der Waals surface area contributed by atoms with E-state index in [1.807, 2.05) is 24.3 Å². The van der Waals surface area contributed by atoms with Gasteiger partial charge in [-0.15, -0.1) is 0 Å². The number of aromatic nitrogens is 1. The second kappa shape index (κ2) is 5.70. The SMILES string of the molecule is C/C(=N\NC(=O)[C@H]1COc2ccccc2O1)c1ccc[nH]1. The summed E-state index contributed by atoms with van der Waals surface area (Å²) >= 11 is 0. The van der Waals surface area contributed by atoms with Gasteiger partial charge in [0.2, 0.25) is 6.10 Å². The number of amides is 1. The van der Waals surface area contributed by atoms with Crippen LogP contribution < -0.4 is 14.9 Å². The molecule has 108 valence electrons. The van der Waals surface area contributed by atoms with Gasteiger partial charge in [0.25, 0.3) is 5.91 Å². The number of H-pyrrole nitrogens is 1. The van der Waals surface area contributed by atoms with E-state index >= 15 is 0 Å². The van der Waals surface area contributed by atoms with Crippen LogP contribution in [-0.2, 0) is 4.79 Å². The lowest BCUT2D eigenvalue weighted by atomic mass is 10.2. The van der Waals surface area contributed by atoms with Gasteiger partial charge in [-0.1, -0.05) is 12.1 Å². The minimum atomic E-state index is -0.708. The zero-order valence-electron chi connectivity index (χ0n) is 11.5. The van der Waals surface area contributed by atoms with E-state index in [1.54, 1.807) is 25.3 Å². The summed E-state index contributed by atoms with van der Waals surface area (Å²) in [5.41, 5.74) is 4.03. The second-order valence-corrected chi connectivity index (χ2v) is 4.62. The molecule has 1 aromatic carbocycles. The lowest BCUT2D eigenvalue weighted by Gasteiger charge is -2.24. The number of hydrogen-bond donors (Lipinski definition) is 2. The smallest absolute Gasteiger partial charge is 0.284 e. The van der Waals surface area contributed by atoms with Crippen molar-refractivity contribution in [2.45, 2.75) is 13.0 Å². The predicted octanol–water partition coefficient (Wildman–Crippen LogP) is 1.69. The van der Waals surface area contributed by atoms with E-state index in [2.05, 4.69) is 15.5 Å². The summed E-state index contributed by atoms with van der Waals surface area (Å²) in [6.45, 7) is 1.97. The molecule has 0 fully saturated rings. The van der Waals surface area contributed by atoms with Gasteiger partial charge in [-0.3, -0.25) is 4.79 Å². The minimum absolute atomic E-state index is 0.167. The summed E-state index contributed by atoms with van der Waals surface area (Å²) in [5, 5.41) is 4.05. The summed E-state index contributed by atoms with van der Waals surface area (Å²) in [4.78, 5) is 15.1. The maximum atomic E-state index is 12.0. The summed E-state index contributed by atoms with van der Waals surface area (Å²) in [7, 11) is 0. The van der Waals surface area contributed by atoms with Crippen LogP contribution >= 0.6 is 0 Å². The number of hydrogen-bond acceptors (Lipinski definition) is 4. The minimum Gasteiger partial charge on any atom is -0.485 e. The van der Waals surface area contributed by atoms with Crippen molar-refractivity contribution in [3.8, 4) is 11.5 Å². The third-order valence-corrected chi connectivity index (χ3v) is 3.12. The Balaban J connectivity index is 1.63. The Morgan fingerprint density at radius 3 is 2.86 bits per heavy atom. The van der Waals surface area contributed by atoms with Crippen LogP contribution in [0.1, 0.15) is 12.6 Å². The van der Waals surface area contributed by atoms with Crippen LogP contribution in [-0.4, -0.2) is 29.3 Å². The van der Waals surface area contributed by atoms with E-state index in [0.29, 0.717) is 17.2 Å². The first kappa shape index (κ1) is 13.2. The lowest BCUT2D eigenvalue weighted by Crippen LogP contribution is -2.42. The van der Waals surface area contributed by atoms with Crippen LogP contribution in [0.25, 0.3) is 0 Å². The van der Waals surface area contributed by atoms with E-state index in [1.165, 1.54) is 0 Å². The fourth-order valence-electron chi connectivity index (χ4n) is 1.98. The molecule has 0 aliphatic carbocycles. The Morgan fingerprint density at radius 2 is 2.10 bits per heavy atom. The number of rotatable bonds is 3. The maximum absolute atomic E-state index is 12.0. The number of nitrogens with zero attached hydrogens (tertiary/aromatic N) is 1. The highest BCUT2D eigenvalue weighted by Gasteiger charge is 2.27. The van der Waals surface area contributed by atoms with Crippen LogP contribution in [0, 0.1) is 0 Å². The zero-order valence-corrected chi connectivity index (χ0v) is 11.5. The Labute approximate surface area is 121 Å². The van der Waals surface area contributed by atoms with Gasteiger partial charge in [0, 0.05) is 6.20 Å². The van der Waals surface area contributed by atoms with Crippen molar-refractivity contribution in [1.82, 2.24) is 10.4 Å². The van der Waals surface area contributed by atoms with Crippen LogP contribution in [0.3, 0.4) is 0 Å². The van der Waals surface area contributed by atoms with Gasteiger partial charge >= 0.3 is 0 Å². The van der Waals surface area contributed by atoms with E-state index in [-0.39, 0.29) is 12.5 Å². The van der Waals surface area contributed by atoms with Crippen molar-refractivity contribution in [2.24, 2.45) is 5.10 Å². The summed E-state index contributed by atoms with van der Waals surface area (Å²) in [6.07, 6.45) is 1.09. The molecule has 1 aromatic heterocycles. The highest BCUT2D eigenvalue weighted by Crippen LogP contribution is 2.30. The number of para-hydroxylation sites is 2. The number of fused-ring (bicyclic) bond motifs is 1. The fraction of sp³-hybridized carbons (Fsp3) is 0.200. The topological polar surface area (TPSA) is 75.7 Å². The fourth-order valence-corrected chi connectivity index (χ4v) is 1.98. The summed E-state index contributed by atoms with van der Waals surface area (Å²) in [5.74, 6) is 0.872. The van der Waals surface area contributed by atoms with Crippen molar-refractivity contribution >= 4 is 11.6 Å². The molecule has 1 aliphatic heterocycles. The molecule has 0 bridgehead atoms. The predicted molar refractivity (Wildman–Crippen MR) is 77.5 cm³/mol. The van der Waals surface area contributed by atoms with Gasteiger partial charge in [0.05, 0.1) is 11.4 Å². The lowest BCUT2D eigenvalue weighted by molar-refractivity contribution is -0.130. The molecular weight excluding hydrogens is 270 g/mol. The molecule has 2 aromatic rings. The Hall–Kier alpha value is -2.76. The Morgan fingerprint density at radius 1 is 1.29 bits per heavy atom. The number of aromatic amines is 1. The van der Waals surface area contributed by atoms with Crippen molar-refractivity contribution < 1.29 is 14.3 Å². The Kier molecular flexibility index (Phi) is 3.59. The molecule has 1 amide bonds. The third-order valence-electron chi connectivity index (χ3n) is 3.12. The van der Waals surface area contributed by atoms with E-state index in [9.17, 15) is 4.79 Å². The molecule has 1 atom stereocenters. The largest absolute Gasteiger partial charge is 0.485 e. The highest BCUT2D eigenvalue weighted by atomic mass is 16.6. The first-order chi connectivity index (χ1) is 10.2. The number of nitrogens with one attached hydrogen (secondary N) is 2. The number of hydrazone groups is 1. The van der Waals surface area contributed by atoms with Gasteiger partial charge in [0.15, 0.2) is 11.5 Å². The van der Waals surface area contributed by atoms with E-state index < -0.39 is 6.10 Å². The molecule has 6 heteroatoms. The Bertz CT molecular complexity index is 665. The van der Waals surface area contributed by atoms with Crippen LogP contribution in [0.4, 0.5) is 0 Å². The quantitative estimate of drug-likeness (QED) is 0.665. The van der Waals surface area contributed by atoms with Crippen LogP contribution in [0.2, 0.25) is 0 Å². The van der Waals surface area contributed by atoms with Gasteiger partial charge in [-0.2, -0.15) is 5.10 Å². The monoisotopic (exact) mass is 285 g/mol. The van der Waals surface area contributed by atoms with Gasteiger partial charge in [0.1, 0.15) is 6.61 Å². The first-order valence-electron chi connectivity index (χ1n) is 6.60. The molecule has 2 heterocycles.